The first-order valence-corrected chi connectivity index (χ1v) is 11.4. The van der Waals surface area contributed by atoms with Crippen LogP contribution < -0.4 is 16.4 Å². The third kappa shape index (κ3) is 5.45. The standard InChI is InChI=1S/C17H26ClFN4O3S/c18-15-13(16(20)24)9-14(19)17(23-15)22-11-3-1-10(2-4-11)21-12-5-7-27(25,26)8-6-12/h9-12,21,25-26H,1-8H2,(H2,20,24)(H,22,23). The zero-order chi connectivity index (χ0) is 19.6. The van der Waals surface area contributed by atoms with Crippen molar-refractivity contribution in [3.63, 3.8) is 0 Å². The second kappa shape index (κ2) is 8.48. The van der Waals surface area contributed by atoms with Gasteiger partial charge in [-0.05, 0) is 44.6 Å². The highest BCUT2D eigenvalue weighted by molar-refractivity contribution is 8.24. The number of halogens is 2. The Morgan fingerprint density at radius 1 is 1.15 bits per heavy atom. The van der Waals surface area contributed by atoms with Crippen LogP contribution in [0.1, 0.15) is 48.9 Å². The molecule has 0 atom stereocenters. The van der Waals surface area contributed by atoms with Gasteiger partial charge in [-0.1, -0.05) is 11.6 Å². The zero-order valence-electron chi connectivity index (χ0n) is 15.0. The summed E-state index contributed by atoms with van der Waals surface area (Å²) in [7, 11) is -2.35. The molecule has 1 aromatic rings. The van der Waals surface area contributed by atoms with E-state index in [2.05, 4.69) is 15.6 Å². The minimum absolute atomic E-state index is 0.0406. The SMILES string of the molecule is NC(=O)c1cc(F)c(NC2CCC(NC3CCS(O)(O)CC3)CC2)nc1Cl. The van der Waals surface area contributed by atoms with E-state index in [1.54, 1.807) is 0 Å². The number of hydrogen-bond acceptors (Lipinski definition) is 6. The first-order valence-electron chi connectivity index (χ1n) is 9.15. The second-order valence-corrected chi connectivity index (χ2v) is 10.1. The molecule has 1 aliphatic carbocycles. The summed E-state index contributed by atoms with van der Waals surface area (Å²) >= 11 is 5.90. The molecule has 2 aliphatic rings. The fourth-order valence-corrected chi connectivity index (χ4v) is 5.51. The highest BCUT2D eigenvalue weighted by Gasteiger charge is 2.28. The lowest BCUT2D eigenvalue weighted by Gasteiger charge is -2.41. The van der Waals surface area contributed by atoms with E-state index in [-0.39, 0.29) is 22.6 Å². The summed E-state index contributed by atoms with van der Waals surface area (Å²) in [5.41, 5.74) is 5.01. The van der Waals surface area contributed by atoms with Gasteiger partial charge in [0.1, 0.15) is 5.15 Å². The van der Waals surface area contributed by atoms with Crippen LogP contribution in [0.3, 0.4) is 0 Å². The highest BCUT2D eigenvalue weighted by atomic mass is 35.5. The number of nitrogens with zero attached hydrogens (tertiary/aromatic N) is 1. The van der Waals surface area contributed by atoms with Crippen LogP contribution in [0.25, 0.3) is 0 Å². The van der Waals surface area contributed by atoms with Crippen LogP contribution in [-0.4, -0.2) is 49.6 Å². The van der Waals surface area contributed by atoms with Crippen LogP contribution in [0.15, 0.2) is 6.07 Å². The van der Waals surface area contributed by atoms with Gasteiger partial charge >= 0.3 is 0 Å². The molecule has 2 fully saturated rings. The van der Waals surface area contributed by atoms with Gasteiger partial charge < -0.3 is 16.4 Å². The molecule has 2 heterocycles. The number of nitrogens with one attached hydrogen (secondary N) is 2. The van der Waals surface area contributed by atoms with E-state index in [0.29, 0.717) is 23.6 Å². The summed E-state index contributed by atoms with van der Waals surface area (Å²) in [6.07, 6.45) is 5.19. The molecule has 0 spiro atoms. The average molecular weight is 421 g/mol. The number of rotatable bonds is 5. The molecule has 3 rings (SSSR count). The van der Waals surface area contributed by atoms with Gasteiger partial charge in [0.2, 0.25) is 0 Å². The molecule has 0 radical (unpaired) electrons. The van der Waals surface area contributed by atoms with Crippen LogP contribution in [0, 0.1) is 5.82 Å². The molecule has 152 valence electrons. The minimum Gasteiger partial charge on any atom is -0.366 e. The summed E-state index contributed by atoms with van der Waals surface area (Å²) in [5, 5.41) is 6.59. The van der Waals surface area contributed by atoms with Crippen molar-refractivity contribution < 1.29 is 18.3 Å². The Bertz CT molecular complexity index is 691. The minimum atomic E-state index is -2.35. The van der Waals surface area contributed by atoms with Crippen molar-refractivity contribution in [2.45, 2.75) is 56.7 Å². The lowest BCUT2D eigenvalue weighted by Crippen LogP contribution is -2.45. The molecule has 1 saturated heterocycles. The van der Waals surface area contributed by atoms with Gasteiger partial charge in [0.05, 0.1) is 5.56 Å². The molecule has 7 nitrogen and oxygen atoms in total. The van der Waals surface area contributed by atoms with Crippen molar-refractivity contribution in [2.75, 3.05) is 16.8 Å². The monoisotopic (exact) mass is 420 g/mol. The van der Waals surface area contributed by atoms with Crippen LogP contribution in [0.5, 0.6) is 0 Å². The summed E-state index contributed by atoms with van der Waals surface area (Å²) < 4.78 is 33.5. The first-order chi connectivity index (χ1) is 12.7. The van der Waals surface area contributed by atoms with E-state index in [4.69, 9.17) is 17.3 Å². The molecule has 1 aliphatic heterocycles. The van der Waals surface area contributed by atoms with E-state index in [9.17, 15) is 18.3 Å². The van der Waals surface area contributed by atoms with Crippen molar-refractivity contribution in [3.8, 4) is 0 Å². The number of hydrogen-bond donors (Lipinski definition) is 5. The fourth-order valence-electron chi connectivity index (χ4n) is 3.75. The van der Waals surface area contributed by atoms with Crippen molar-refractivity contribution in [3.05, 3.63) is 22.6 Å². The van der Waals surface area contributed by atoms with Crippen LogP contribution in [0.2, 0.25) is 5.15 Å². The molecule has 1 aromatic heterocycles. The van der Waals surface area contributed by atoms with E-state index in [1.807, 2.05) is 0 Å². The lowest BCUT2D eigenvalue weighted by molar-refractivity contribution is 0.0999. The van der Waals surface area contributed by atoms with Gasteiger partial charge in [0, 0.05) is 29.6 Å². The Labute approximate surface area is 164 Å². The molecule has 1 amide bonds. The maximum atomic E-state index is 14.2. The van der Waals surface area contributed by atoms with Crippen LogP contribution >= 0.6 is 22.2 Å². The number of carbonyl (C=O) groups is 1. The predicted octanol–water partition coefficient (Wildman–Crippen LogP) is 3.20. The molecule has 0 aromatic carbocycles. The van der Waals surface area contributed by atoms with Crippen molar-refractivity contribution >= 4 is 33.9 Å². The zero-order valence-corrected chi connectivity index (χ0v) is 16.5. The van der Waals surface area contributed by atoms with E-state index < -0.39 is 22.3 Å². The fraction of sp³-hybridized carbons (Fsp3) is 0.647. The third-order valence-corrected chi connectivity index (χ3v) is 7.39. The number of primary amides is 1. The smallest absolute Gasteiger partial charge is 0.251 e. The Kier molecular flexibility index (Phi) is 6.47. The molecule has 1 saturated carbocycles. The second-order valence-electron chi connectivity index (χ2n) is 7.37. The normalized spacial score (nSPS) is 27.1. The van der Waals surface area contributed by atoms with Crippen LogP contribution in [-0.2, 0) is 0 Å². The Morgan fingerprint density at radius 3 is 2.30 bits per heavy atom. The van der Waals surface area contributed by atoms with Crippen molar-refractivity contribution in [1.29, 1.82) is 0 Å². The lowest BCUT2D eigenvalue weighted by atomic mass is 9.90. The van der Waals surface area contributed by atoms with Gasteiger partial charge in [-0.3, -0.25) is 13.9 Å². The van der Waals surface area contributed by atoms with Crippen molar-refractivity contribution in [2.24, 2.45) is 5.73 Å². The third-order valence-electron chi connectivity index (χ3n) is 5.32. The largest absolute Gasteiger partial charge is 0.366 e. The van der Waals surface area contributed by atoms with Gasteiger partial charge in [-0.15, -0.1) is 0 Å². The van der Waals surface area contributed by atoms with Crippen LogP contribution in [0.4, 0.5) is 10.2 Å². The van der Waals surface area contributed by atoms with Gasteiger partial charge in [-0.25, -0.2) is 9.37 Å². The first kappa shape index (κ1) is 20.6. The summed E-state index contributed by atoms with van der Waals surface area (Å²) in [5.74, 6) is -0.453. The van der Waals surface area contributed by atoms with Gasteiger partial charge in [-0.2, -0.15) is 10.6 Å². The number of amides is 1. The predicted molar refractivity (Wildman–Crippen MR) is 106 cm³/mol. The molecular weight excluding hydrogens is 395 g/mol. The number of anilines is 1. The molecule has 10 heteroatoms. The Hall–Kier alpha value is -1.13. The molecule has 0 bridgehead atoms. The van der Waals surface area contributed by atoms with Gasteiger partial charge in [0.25, 0.3) is 5.91 Å². The van der Waals surface area contributed by atoms with E-state index in [1.165, 1.54) is 0 Å². The average Bonchev–Trinajstić information content (AvgIpc) is 2.61. The number of pyridine rings is 1. The number of nitrogens with two attached hydrogens (primary N) is 1. The number of aromatic nitrogens is 1. The van der Waals surface area contributed by atoms with Crippen molar-refractivity contribution in [1.82, 2.24) is 10.3 Å². The summed E-state index contributed by atoms with van der Waals surface area (Å²) in [6, 6.07) is 1.81. The molecule has 6 N–H and O–H groups in total. The quantitative estimate of drug-likeness (QED) is 0.466. The Balaban J connectivity index is 1.49. The topological polar surface area (TPSA) is 121 Å². The maximum Gasteiger partial charge on any atom is 0.251 e. The number of carbonyl (C=O) groups excluding carboxylic acids is 1. The van der Waals surface area contributed by atoms with Gasteiger partial charge in [0.15, 0.2) is 11.6 Å². The molecule has 27 heavy (non-hydrogen) atoms. The summed E-state index contributed by atoms with van der Waals surface area (Å²) in [4.78, 5) is 15.1. The Morgan fingerprint density at radius 2 is 1.70 bits per heavy atom. The summed E-state index contributed by atoms with van der Waals surface area (Å²) in [6.45, 7) is 0. The highest BCUT2D eigenvalue weighted by Crippen LogP contribution is 2.44. The molecule has 0 unspecified atom stereocenters. The molecular formula is C17H26ClFN4O3S. The maximum absolute atomic E-state index is 14.2. The van der Waals surface area contributed by atoms with E-state index in [0.717, 1.165) is 44.6 Å². The van der Waals surface area contributed by atoms with E-state index >= 15 is 0 Å².